The summed E-state index contributed by atoms with van der Waals surface area (Å²) in [5.74, 6) is 1.86. The maximum absolute atomic E-state index is 2.42. The van der Waals surface area contributed by atoms with E-state index in [0.717, 1.165) is 18.4 Å². The van der Waals surface area contributed by atoms with Gasteiger partial charge in [0.25, 0.3) is 0 Å². The molecule has 0 radical (unpaired) electrons. The molecule has 0 aromatic carbocycles. The number of allylic oxidation sites excluding steroid dienone is 2. The number of rotatable bonds is 11. The number of hydrogen-bond acceptors (Lipinski definition) is 1. The van der Waals surface area contributed by atoms with Crippen molar-refractivity contribution in [2.75, 3.05) is 13.6 Å². The molecular weight excluding hydrogens is 254 g/mol. The Balaban J connectivity index is 2.11. The number of hydrogen-bond donors (Lipinski definition) is 0. The van der Waals surface area contributed by atoms with Gasteiger partial charge in [0.05, 0.1) is 0 Å². The van der Waals surface area contributed by atoms with Crippen LogP contribution in [0.5, 0.6) is 0 Å². The van der Waals surface area contributed by atoms with Gasteiger partial charge in [-0.3, -0.25) is 0 Å². The van der Waals surface area contributed by atoms with Crippen LogP contribution < -0.4 is 0 Å². The monoisotopic (exact) mass is 293 g/mol. The molecule has 1 nitrogen and oxygen atoms in total. The first-order valence-electron chi connectivity index (χ1n) is 9.50. The molecule has 0 spiro atoms. The highest BCUT2D eigenvalue weighted by Gasteiger charge is 2.26. The fraction of sp³-hybridized carbons (Fsp3) is 0.900. The molecule has 1 aliphatic rings. The average molecular weight is 294 g/mol. The first-order valence-corrected chi connectivity index (χ1v) is 9.50. The lowest BCUT2D eigenvalue weighted by Gasteiger charge is -2.35. The lowest BCUT2D eigenvalue weighted by molar-refractivity contribution is 0.351. The summed E-state index contributed by atoms with van der Waals surface area (Å²) in [4.78, 5) is 2.41. The second-order valence-electron chi connectivity index (χ2n) is 7.25. The van der Waals surface area contributed by atoms with Gasteiger partial charge in [-0.15, -0.1) is 0 Å². The summed E-state index contributed by atoms with van der Waals surface area (Å²) in [5, 5.41) is 0. The van der Waals surface area contributed by atoms with Crippen LogP contribution in [-0.4, -0.2) is 18.5 Å². The Morgan fingerprint density at radius 3 is 2.43 bits per heavy atom. The van der Waals surface area contributed by atoms with E-state index in [-0.39, 0.29) is 0 Å². The van der Waals surface area contributed by atoms with E-state index in [2.05, 4.69) is 39.6 Å². The van der Waals surface area contributed by atoms with Gasteiger partial charge in [0, 0.05) is 19.3 Å². The fourth-order valence-electron chi connectivity index (χ4n) is 3.64. The molecule has 0 aromatic rings. The van der Waals surface area contributed by atoms with E-state index in [1.165, 1.54) is 64.2 Å². The van der Waals surface area contributed by atoms with Crippen LogP contribution in [0.15, 0.2) is 11.3 Å². The average Bonchev–Trinajstić information content (AvgIpc) is 2.44. The molecule has 21 heavy (non-hydrogen) atoms. The highest BCUT2D eigenvalue weighted by atomic mass is 15.1. The smallest absolute Gasteiger partial charge is 0.0143 e. The standard InChI is InChI=1S/C20H39N/c1-6-12-17(3)13-10-8-9-11-14-19-15-16-20(19)18(4)21(5)7-2/h17,19H,6-16H2,1-5H3/b20-18+. The van der Waals surface area contributed by atoms with Crippen LogP contribution in [0.4, 0.5) is 0 Å². The second kappa shape index (κ2) is 10.3. The Bertz CT molecular complexity index is 305. The van der Waals surface area contributed by atoms with Crippen molar-refractivity contribution in [3.63, 3.8) is 0 Å². The lowest BCUT2D eigenvalue weighted by Crippen LogP contribution is -2.24. The van der Waals surface area contributed by atoms with Crippen LogP contribution >= 0.6 is 0 Å². The molecular formula is C20H39N. The molecule has 1 fully saturated rings. The van der Waals surface area contributed by atoms with E-state index >= 15 is 0 Å². The molecule has 1 rings (SSSR count). The second-order valence-corrected chi connectivity index (χ2v) is 7.25. The summed E-state index contributed by atoms with van der Waals surface area (Å²) < 4.78 is 0. The summed E-state index contributed by atoms with van der Waals surface area (Å²) in [6.07, 6.45) is 14.2. The molecule has 0 bridgehead atoms. The first kappa shape index (κ1) is 18.6. The SMILES string of the molecule is CCCC(C)CCCCCCC1CC/C1=C(/C)N(C)CC. The van der Waals surface area contributed by atoms with Gasteiger partial charge in [0.1, 0.15) is 0 Å². The summed E-state index contributed by atoms with van der Waals surface area (Å²) in [5.41, 5.74) is 3.32. The minimum atomic E-state index is 0.915. The Hall–Kier alpha value is -0.460. The molecule has 0 aromatic heterocycles. The van der Waals surface area contributed by atoms with Crippen molar-refractivity contribution in [2.45, 2.75) is 91.9 Å². The van der Waals surface area contributed by atoms with Gasteiger partial charge in [0.15, 0.2) is 0 Å². The normalized spacial score (nSPS) is 21.9. The summed E-state index contributed by atoms with van der Waals surface area (Å²) >= 11 is 0. The molecule has 2 unspecified atom stereocenters. The number of unbranched alkanes of at least 4 members (excludes halogenated alkanes) is 3. The van der Waals surface area contributed by atoms with Gasteiger partial charge < -0.3 is 4.90 Å². The highest BCUT2D eigenvalue weighted by Crippen LogP contribution is 2.40. The van der Waals surface area contributed by atoms with Crippen LogP contribution in [-0.2, 0) is 0 Å². The fourth-order valence-corrected chi connectivity index (χ4v) is 3.64. The molecule has 0 heterocycles. The third kappa shape index (κ3) is 6.45. The number of nitrogens with zero attached hydrogens (tertiary/aromatic N) is 1. The molecule has 1 saturated carbocycles. The molecule has 1 aliphatic carbocycles. The summed E-state index contributed by atoms with van der Waals surface area (Å²) in [6.45, 7) is 10.4. The van der Waals surface area contributed by atoms with Gasteiger partial charge in [-0.2, -0.15) is 0 Å². The highest BCUT2D eigenvalue weighted by molar-refractivity contribution is 5.21. The quantitative estimate of drug-likeness (QED) is 0.398. The van der Waals surface area contributed by atoms with Crippen molar-refractivity contribution in [3.8, 4) is 0 Å². The third-order valence-electron chi connectivity index (χ3n) is 5.55. The van der Waals surface area contributed by atoms with Crippen molar-refractivity contribution in [3.05, 3.63) is 11.3 Å². The van der Waals surface area contributed by atoms with Crippen LogP contribution in [0, 0.1) is 11.8 Å². The molecule has 0 saturated heterocycles. The Morgan fingerprint density at radius 2 is 1.86 bits per heavy atom. The van der Waals surface area contributed by atoms with Gasteiger partial charge in [-0.05, 0) is 50.5 Å². The summed E-state index contributed by atoms with van der Waals surface area (Å²) in [6, 6.07) is 0. The zero-order chi connectivity index (χ0) is 15.7. The van der Waals surface area contributed by atoms with Crippen LogP contribution in [0.2, 0.25) is 0 Å². The van der Waals surface area contributed by atoms with Crippen LogP contribution in [0.1, 0.15) is 91.9 Å². The minimum Gasteiger partial charge on any atom is -0.378 e. The van der Waals surface area contributed by atoms with Gasteiger partial charge in [-0.1, -0.05) is 58.8 Å². The van der Waals surface area contributed by atoms with E-state index in [1.54, 1.807) is 11.3 Å². The van der Waals surface area contributed by atoms with E-state index in [1.807, 2.05) is 0 Å². The molecule has 1 heteroatoms. The minimum absolute atomic E-state index is 0.915. The van der Waals surface area contributed by atoms with Crippen LogP contribution in [0.25, 0.3) is 0 Å². The van der Waals surface area contributed by atoms with Gasteiger partial charge in [-0.25, -0.2) is 0 Å². The third-order valence-corrected chi connectivity index (χ3v) is 5.55. The molecule has 124 valence electrons. The van der Waals surface area contributed by atoms with Gasteiger partial charge >= 0.3 is 0 Å². The Labute approximate surface area is 134 Å². The summed E-state index contributed by atoms with van der Waals surface area (Å²) in [7, 11) is 2.23. The molecule has 0 aliphatic heterocycles. The first-order chi connectivity index (χ1) is 10.1. The Morgan fingerprint density at radius 1 is 1.14 bits per heavy atom. The van der Waals surface area contributed by atoms with E-state index in [4.69, 9.17) is 0 Å². The van der Waals surface area contributed by atoms with E-state index in [0.29, 0.717) is 0 Å². The van der Waals surface area contributed by atoms with Crippen molar-refractivity contribution in [2.24, 2.45) is 11.8 Å². The largest absolute Gasteiger partial charge is 0.378 e. The van der Waals surface area contributed by atoms with Crippen molar-refractivity contribution in [1.82, 2.24) is 4.90 Å². The maximum Gasteiger partial charge on any atom is 0.0143 e. The molecule has 0 amide bonds. The topological polar surface area (TPSA) is 3.24 Å². The van der Waals surface area contributed by atoms with Crippen molar-refractivity contribution in [1.29, 1.82) is 0 Å². The lowest BCUT2D eigenvalue weighted by atomic mass is 9.75. The van der Waals surface area contributed by atoms with Crippen molar-refractivity contribution >= 4 is 0 Å². The molecule has 0 N–H and O–H groups in total. The Kier molecular flexibility index (Phi) is 9.11. The molecule has 2 atom stereocenters. The zero-order valence-corrected chi connectivity index (χ0v) is 15.4. The van der Waals surface area contributed by atoms with Crippen molar-refractivity contribution < 1.29 is 0 Å². The van der Waals surface area contributed by atoms with Crippen LogP contribution in [0.3, 0.4) is 0 Å². The maximum atomic E-state index is 2.42. The predicted octanol–water partition coefficient (Wildman–Crippen LogP) is 6.40. The van der Waals surface area contributed by atoms with Gasteiger partial charge in [0.2, 0.25) is 0 Å². The zero-order valence-electron chi connectivity index (χ0n) is 15.4. The van der Waals surface area contributed by atoms with E-state index < -0.39 is 0 Å². The van der Waals surface area contributed by atoms with E-state index in [9.17, 15) is 0 Å². The predicted molar refractivity (Wildman–Crippen MR) is 95.5 cm³/mol.